The molecule has 2 rings (SSSR count). The number of carbonyl (C=O) groups is 1. The number of ether oxygens (including phenoxy) is 2. The second-order valence-corrected chi connectivity index (χ2v) is 6.08. The second-order valence-electron chi connectivity index (χ2n) is 6.08. The normalized spacial score (nSPS) is 20.5. The molecule has 0 aromatic carbocycles. The molecule has 1 fully saturated rings. The van der Waals surface area contributed by atoms with Gasteiger partial charge in [0, 0.05) is 20.2 Å². The van der Waals surface area contributed by atoms with Crippen LogP contribution in [0, 0.1) is 18.3 Å². The van der Waals surface area contributed by atoms with Crippen molar-refractivity contribution in [2.75, 3.05) is 26.8 Å². The maximum atomic E-state index is 12.7. The fraction of sp³-hybridized carbons (Fsp3) is 0.562. The van der Waals surface area contributed by atoms with Crippen molar-refractivity contribution in [3.8, 4) is 6.07 Å². The lowest BCUT2D eigenvalue weighted by Crippen LogP contribution is -2.55. The number of methoxy groups -OCH3 is 1. The number of amides is 1. The van der Waals surface area contributed by atoms with Crippen LogP contribution >= 0.6 is 0 Å². The van der Waals surface area contributed by atoms with Crippen LogP contribution in [-0.4, -0.2) is 54.3 Å². The van der Waals surface area contributed by atoms with Crippen molar-refractivity contribution in [3.63, 3.8) is 0 Å². The Morgan fingerprint density at radius 3 is 2.91 bits per heavy atom. The fourth-order valence-electron chi connectivity index (χ4n) is 2.68. The summed E-state index contributed by atoms with van der Waals surface area (Å²) in [5.41, 5.74) is 0.967. The first-order chi connectivity index (χ1) is 10.4. The summed E-state index contributed by atoms with van der Waals surface area (Å²) in [4.78, 5) is 18.7. The van der Waals surface area contributed by atoms with E-state index in [1.54, 1.807) is 31.1 Å². The average Bonchev–Trinajstić information content (AvgIpc) is 2.45. The van der Waals surface area contributed by atoms with Gasteiger partial charge in [0.2, 0.25) is 0 Å². The summed E-state index contributed by atoms with van der Waals surface area (Å²) < 4.78 is 11.1. The summed E-state index contributed by atoms with van der Waals surface area (Å²) in [6.07, 6.45) is -0.155. The van der Waals surface area contributed by atoms with E-state index in [1.165, 1.54) is 0 Å². The van der Waals surface area contributed by atoms with Crippen LogP contribution in [0.2, 0.25) is 0 Å². The lowest BCUT2D eigenvalue weighted by atomic mass is 10.0. The molecule has 0 radical (unpaired) electrons. The quantitative estimate of drug-likeness (QED) is 0.846. The summed E-state index contributed by atoms with van der Waals surface area (Å²) in [5.74, 6) is -0.148. The molecule has 1 aliphatic rings. The van der Waals surface area contributed by atoms with Crippen LogP contribution in [0.5, 0.6) is 0 Å². The summed E-state index contributed by atoms with van der Waals surface area (Å²) >= 11 is 0. The molecule has 118 valence electrons. The van der Waals surface area contributed by atoms with Crippen molar-refractivity contribution in [2.24, 2.45) is 0 Å². The number of nitrogens with zero attached hydrogens (tertiary/aromatic N) is 3. The van der Waals surface area contributed by atoms with Gasteiger partial charge in [-0.25, -0.2) is 4.98 Å². The Morgan fingerprint density at radius 2 is 2.32 bits per heavy atom. The van der Waals surface area contributed by atoms with Gasteiger partial charge in [-0.1, -0.05) is 0 Å². The van der Waals surface area contributed by atoms with Crippen LogP contribution in [0.1, 0.15) is 35.6 Å². The maximum Gasteiger partial charge on any atom is 0.272 e. The van der Waals surface area contributed by atoms with Gasteiger partial charge >= 0.3 is 0 Å². The second kappa shape index (κ2) is 6.42. The largest absolute Gasteiger partial charge is 0.382 e. The molecule has 6 nitrogen and oxygen atoms in total. The van der Waals surface area contributed by atoms with E-state index < -0.39 is 5.60 Å². The molecule has 1 atom stereocenters. The third kappa shape index (κ3) is 3.62. The molecule has 1 unspecified atom stereocenters. The Hall–Kier alpha value is -1.97. The Morgan fingerprint density at radius 1 is 1.59 bits per heavy atom. The van der Waals surface area contributed by atoms with Gasteiger partial charge in [0.05, 0.1) is 29.6 Å². The van der Waals surface area contributed by atoms with Crippen LogP contribution in [0.25, 0.3) is 0 Å². The third-order valence-corrected chi connectivity index (χ3v) is 3.55. The lowest BCUT2D eigenvalue weighted by molar-refractivity contribution is -0.143. The minimum Gasteiger partial charge on any atom is -0.382 e. The van der Waals surface area contributed by atoms with Gasteiger partial charge in [-0.15, -0.1) is 0 Å². The van der Waals surface area contributed by atoms with E-state index in [4.69, 9.17) is 14.7 Å². The highest BCUT2D eigenvalue weighted by Crippen LogP contribution is 2.22. The van der Waals surface area contributed by atoms with Gasteiger partial charge in [-0.2, -0.15) is 5.26 Å². The molecule has 0 saturated carbocycles. The summed E-state index contributed by atoms with van der Waals surface area (Å²) in [5, 5.41) is 8.94. The van der Waals surface area contributed by atoms with Gasteiger partial charge in [0.1, 0.15) is 11.8 Å². The molecule has 6 heteroatoms. The Kier molecular flexibility index (Phi) is 4.79. The van der Waals surface area contributed by atoms with Crippen LogP contribution in [0.4, 0.5) is 0 Å². The summed E-state index contributed by atoms with van der Waals surface area (Å²) in [6.45, 7) is 7.03. The van der Waals surface area contributed by atoms with Crippen molar-refractivity contribution in [3.05, 3.63) is 29.1 Å². The van der Waals surface area contributed by atoms with Crippen molar-refractivity contribution in [2.45, 2.75) is 32.5 Å². The van der Waals surface area contributed by atoms with Gasteiger partial charge in [-0.3, -0.25) is 4.79 Å². The van der Waals surface area contributed by atoms with E-state index in [0.717, 1.165) is 0 Å². The number of morpholine rings is 1. The zero-order valence-corrected chi connectivity index (χ0v) is 13.4. The molecule has 0 N–H and O–H groups in total. The van der Waals surface area contributed by atoms with Crippen molar-refractivity contribution in [1.82, 2.24) is 9.88 Å². The minimum atomic E-state index is -0.432. The SMILES string of the molecule is COCC1CN(C(=O)c2ccc(C#N)c(C)n2)CC(C)(C)O1. The molecule has 1 aliphatic heterocycles. The Balaban J connectivity index is 2.20. The monoisotopic (exact) mass is 303 g/mol. The molecule has 0 spiro atoms. The number of rotatable bonds is 3. The number of hydrogen-bond acceptors (Lipinski definition) is 5. The summed E-state index contributed by atoms with van der Waals surface area (Å²) in [6, 6.07) is 5.29. The standard InChI is InChI=1S/C16H21N3O3/c1-11-12(7-17)5-6-14(18-11)15(20)19-8-13(9-21-4)22-16(2,3)10-19/h5-6,13H,8-10H2,1-4H3. The fourth-order valence-corrected chi connectivity index (χ4v) is 2.68. The molecule has 22 heavy (non-hydrogen) atoms. The smallest absolute Gasteiger partial charge is 0.272 e. The molecule has 1 amide bonds. The highest BCUT2D eigenvalue weighted by Gasteiger charge is 2.36. The van der Waals surface area contributed by atoms with Crippen molar-refractivity contribution >= 4 is 5.91 Å². The molecule has 1 aromatic heterocycles. The van der Waals surface area contributed by atoms with Crippen LogP contribution in [0.15, 0.2) is 12.1 Å². The number of carbonyl (C=O) groups excluding carboxylic acids is 1. The first-order valence-electron chi connectivity index (χ1n) is 7.20. The van der Waals surface area contributed by atoms with Gasteiger partial charge in [0.15, 0.2) is 0 Å². The van der Waals surface area contributed by atoms with Gasteiger partial charge in [0.25, 0.3) is 5.91 Å². The number of aromatic nitrogens is 1. The predicted octanol–water partition coefficient (Wildman–Crippen LogP) is 1.53. The van der Waals surface area contributed by atoms with Crippen LogP contribution in [-0.2, 0) is 9.47 Å². The number of hydrogen-bond donors (Lipinski definition) is 0. The average molecular weight is 303 g/mol. The molecule has 1 aromatic rings. The highest BCUT2D eigenvalue weighted by atomic mass is 16.5. The molecule has 2 heterocycles. The lowest BCUT2D eigenvalue weighted by Gasteiger charge is -2.42. The van der Waals surface area contributed by atoms with Crippen LogP contribution < -0.4 is 0 Å². The van der Waals surface area contributed by atoms with E-state index in [-0.39, 0.29) is 12.0 Å². The molecular weight excluding hydrogens is 282 g/mol. The Bertz CT molecular complexity index is 607. The van der Waals surface area contributed by atoms with Gasteiger partial charge in [-0.05, 0) is 32.9 Å². The van der Waals surface area contributed by atoms with E-state index >= 15 is 0 Å². The third-order valence-electron chi connectivity index (χ3n) is 3.55. The molecule has 0 bridgehead atoms. The zero-order valence-electron chi connectivity index (χ0n) is 13.4. The van der Waals surface area contributed by atoms with Crippen molar-refractivity contribution < 1.29 is 14.3 Å². The van der Waals surface area contributed by atoms with E-state index in [2.05, 4.69) is 11.1 Å². The van der Waals surface area contributed by atoms with Crippen molar-refractivity contribution in [1.29, 1.82) is 5.26 Å². The zero-order chi connectivity index (χ0) is 16.3. The van der Waals surface area contributed by atoms with Crippen LogP contribution in [0.3, 0.4) is 0 Å². The number of nitriles is 1. The van der Waals surface area contributed by atoms with E-state index in [1.807, 2.05) is 13.8 Å². The van der Waals surface area contributed by atoms with E-state index in [9.17, 15) is 4.79 Å². The Labute approximate surface area is 130 Å². The highest BCUT2D eigenvalue weighted by molar-refractivity contribution is 5.92. The number of pyridine rings is 1. The summed E-state index contributed by atoms with van der Waals surface area (Å²) in [7, 11) is 1.61. The van der Waals surface area contributed by atoms with E-state index in [0.29, 0.717) is 36.6 Å². The first-order valence-corrected chi connectivity index (χ1v) is 7.20. The number of aryl methyl sites for hydroxylation is 1. The molecule has 1 saturated heterocycles. The minimum absolute atomic E-state index is 0.148. The van der Waals surface area contributed by atoms with Gasteiger partial charge < -0.3 is 14.4 Å². The molecule has 0 aliphatic carbocycles. The maximum absolute atomic E-state index is 12.7. The topological polar surface area (TPSA) is 75.5 Å². The molecular formula is C16H21N3O3. The predicted molar refractivity (Wildman–Crippen MR) is 80.4 cm³/mol. The first kappa shape index (κ1) is 16.4.